The van der Waals surface area contributed by atoms with Crippen molar-refractivity contribution in [2.45, 2.75) is 53.1 Å². The molecule has 6 nitrogen and oxygen atoms in total. The Hall–Kier alpha value is -3.41. The quantitative estimate of drug-likeness (QED) is 0.484. The van der Waals surface area contributed by atoms with Gasteiger partial charge in [0.25, 0.3) is 0 Å². The second kappa shape index (κ2) is 10.1. The first-order valence-corrected chi connectivity index (χ1v) is 12.1. The van der Waals surface area contributed by atoms with Crippen LogP contribution in [0.3, 0.4) is 0 Å². The number of esters is 1. The van der Waals surface area contributed by atoms with Crippen molar-refractivity contribution in [3.05, 3.63) is 70.9 Å². The molecule has 2 aliphatic rings. The van der Waals surface area contributed by atoms with Gasteiger partial charge >= 0.3 is 5.97 Å². The maximum atomic E-state index is 13.5. The highest BCUT2D eigenvalue weighted by atomic mass is 16.5. The van der Waals surface area contributed by atoms with Gasteiger partial charge in [0.2, 0.25) is 0 Å². The normalized spacial score (nSPS) is 21.2. The molecule has 0 bridgehead atoms. The smallest absolute Gasteiger partial charge is 0.336 e. The minimum atomic E-state index is -0.506. The summed E-state index contributed by atoms with van der Waals surface area (Å²) in [5.74, 6) is -0.184. The van der Waals surface area contributed by atoms with E-state index >= 15 is 0 Å². The molecule has 2 aromatic rings. The molecule has 4 rings (SSSR count). The number of allylic oxidation sites excluding steroid dienone is 1. The second-order valence-electron chi connectivity index (χ2n) is 9.95. The van der Waals surface area contributed by atoms with Crippen molar-refractivity contribution in [2.24, 2.45) is 16.3 Å². The molecule has 1 saturated carbocycles. The minimum Gasteiger partial charge on any atom is -0.493 e. The Kier molecular flexibility index (Phi) is 7.10. The number of benzene rings is 2. The Morgan fingerprint density at radius 3 is 2.49 bits per heavy atom. The topological polar surface area (TPSA) is 74.2 Å². The van der Waals surface area contributed by atoms with E-state index in [2.05, 4.69) is 13.8 Å². The van der Waals surface area contributed by atoms with Crippen LogP contribution in [0.1, 0.15) is 57.6 Å². The van der Waals surface area contributed by atoms with Crippen molar-refractivity contribution < 1.29 is 23.8 Å². The SMILES string of the molecule is CCOc1ccc([C@H]2C(C(=O)OCc3ccccc3)=C(C)N=C3CC(C)(C)CC(=O)C32)cc1OC. The van der Waals surface area contributed by atoms with Gasteiger partial charge in [0.1, 0.15) is 12.4 Å². The number of carbonyl (C=O) groups is 2. The maximum absolute atomic E-state index is 13.5. The van der Waals surface area contributed by atoms with Crippen molar-refractivity contribution in [3.8, 4) is 11.5 Å². The Balaban J connectivity index is 1.77. The monoisotopic (exact) mass is 475 g/mol. The van der Waals surface area contributed by atoms with E-state index in [1.807, 2.05) is 62.4 Å². The standard InChI is InChI=1S/C29H33NO5/c1-6-34-23-13-12-20(14-24(23)33-5)26-25(28(32)35-17-19-10-8-7-9-11-19)18(2)30-21-15-29(3,4)16-22(31)27(21)26/h7-14,26-27H,6,15-17H2,1-5H3/t26-,27?/m0/s1. The highest BCUT2D eigenvalue weighted by molar-refractivity contribution is 6.12. The van der Waals surface area contributed by atoms with Gasteiger partial charge in [0.15, 0.2) is 11.5 Å². The fraction of sp³-hybridized carbons (Fsp3) is 0.414. The van der Waals surface area contributed by atoms with Crippen LogP contribution in [-0.4, -0.2) is 31.2 Å². The molecular weight excluding hydrogens is 442 g/mol. The minimum absolute atomic E-state index is 0.0960. The molecule has 0 spiro atoms. The summed E-state index contributed by atoms with van der Waals surface area (Å²) in [6.07, 6.45) is 1.14. The van der Waals surface area contributed by atoms with Crippen LogP contribution >= 0.6 is 0 Å². The summed E-state index contributed by atoms with van der Waals surface area (Å²) in [5, 5.41) is 0. The molecule has 1 heterocycles. The number of hydrogen-bond donors (Lipinski definition) is 0. The number of ketones is 1. The number of fused-ring (bicyclic) bond motifs is 1. The Morgan fingerprint density at radius 2 is 1.80 bits per heavy atom. The number of carbonyl (C=O) groups excluding carboxylic acids is 2. The first-order chi connectivity index (χ1) is 16.7. The molecule has 0 aromatic heterocycles. The summed E-state index contributed by atoms with van der Waals surface area (Å²) in [6.45, 7) is 8.56. The summed E-state index contributed by atoms with van der Waals surface area (Å²) in [6, 6.07) is 15.2. The average molecular weight is 476 g/mol. The van der Waals surface area contributed by atoms with Gasteiger partial charge in [0, 0.05) is 23.7 Å². The van der Waals surface area contributed by atoms with Crippen LogP contribution in [0.4, 0.5) is 0 Å². The van der Waals surface area contributed by atoms with Gasteiger partial charge in [-0.15, -0.1) is 0 Å². The third-order valence-electron chi connectivity index (χ3n) is 6.64. The van der Waals surface area contributed by atoms with Crippen LogP contribution in [0.5, 0.6) is 11.5 Å². The zero-order chi connectivity index (χ0) is 25.2. The lowest BCUT2D eigenvalue weighted by Gasteiger charge is -2.41. The van der Waals surface area contributed by atoms with E-state index in [0.29, 0.717) is 42.2 Å². The van der Waals surface area contributed by atoms with Gasteiger partial charge in [-0.1, -0.05) is 50.2 Å². The third kappa shape index (κ3) is 5.16. The Morgan fingerprint density at radius 1 is 1.06 bits per heavy atom. The van der Waals surface area contributed by atoms with Gasteiger partial charge in [-0.05, 0) is 48.9 Å². The molecule has 1 aliphatic heterocycles. The van der Waals surface area contributed by atoms with Crippen LogP contribution in [-0.2, 0) is 20.9 Å². The van der Waals surface area contributed by atoms with E-state index in [9.17, 15) is 9.59 Å². The van der Waals surface area contributed by atoms with Crippen molar-refractivity contribution in [1.82, 2.24) is 0 Å². The summed E-state index contributed by atoms with van der Waals surface area (Å²) >= 11 is 0. The first kappa shape index (κ1) is 24.7. The van der Waals surface area contributed by atoms with E-state index in [1.165, 1.54) is 0 Å². The van der Waals surface area contributed by atoms with E-state index in [0.717, 1.165) is 16.8 Å². The van der Waals surface area contributed by atoms with E-state index in [-0.39, 0.29) is 17.8 Å². The van der Waals surface area contributed by atoms with Crippen LogP contribution in [0, 0.1) is 11.3 Å². The molecule has 1 unspecified atom stereocenters. The van der Waals surface area contributed by atoms with Crippen LogP contribution in [0.25, 0.3) is 0 Å². The lowest BCUT2D eigenvalue weighted by molar-refractivity contribution is -0.140. The second-order valence-corrected chi connectivity index (χ2v) is 9.95. The molecule has 0 saturated heterocycles. The lowest BCUT2D eigenvalue weighted by atomic mass is 9.63. The highest BCUT2D eigenvalue weighted by Crippen LogP contribution is 2.48. The Bertz CT molecular complexity index is 1180. The largest absolute Gasteiger partial charge is 0.493 e. The Labute approximate surface area is 207 Å². The van der Waals surface area contributed by atoms with E-state index < -0.39 is 17.8 Å². The number of Topliss-reactive ketones (excluding diaryl/α,β-unsaturated/α-hetero) is 1. The molecule has 184 valence electrons. The van der Waals surface area contributed by atoms with Gasteiger partial charge in [-0.3, -0.25) is 9.79 Å². The highest BCUT2D eigenvalue weighted by Gasteiger charge is 2.47. The number of rotatable bonds is 7. The van der Waals surface area contributed by atoms with Gasteiger partial charge in [-0.25, -0.2) is 4.79 Å². The van der Waals surface area contributed by atoms with E-state index in [4.69, 9.17) is 19.2 Å². The van der Waals surface area contributed by atoms with Crippen molar-refractivity contribution >= 4 is 17.5 Å². The number of nitrogens with zero attached hydrogens (tertiary/aromatic N) is 1. The predicted octanol–water partition coefficient (Wildman–Crippen LogP) is 5.65. The molecule has 1 fully saturated rings. The zero-order valence-electron chi connectivity index (χ0n) is 21.1. The maximum Gasteiger partial charge on any atom is 0.336 e. The molecule has 2 aromatic carbocycles. The molecule has 0 radical (unpaired) electrons. The fourth-order valence-corrected chi connectivity index (χ4v) is 5.17. The number of aliphatic imine (C=N–C) groups is 1. The van der Waals surface area contributed by atoms with Gasteiger partial charge in [-0.2, -0.15) is 0 Å². The van der Waals surface area contributed by atoms with Crippen molar-refractivity contribution in [1.29, 1.82) is 0 Å². The average Bonchev–Trinajstić information content (AvgIpc) is 2.82. The molecule has 35 heavy (non-hydrogen) atoms. The molecular formula is C29H33NO5. The predicted molar refractivity (Wildman–Crippen MR) is 135 cm³/mol. The lowest BCUT2D eigenvalue weighted by Crippen LogP contribution is -2.44. The fourth-order valence-electron chi connectivity index (χ4n) is 5.17. The van der Waals surface area contributed by atoms with Gasteiger partial charge in [0.05, 0.1) is 25.2 Å². The van der Waals surface area contributed by atoms with Crippen LogP contribution in [0.15, 0.2) is 64.8 Å². The number of ether oxygens (including phenoxy) is 3. The van der Waals surface area contributed by atoms with Gasteiger partial charge < -0.3 is 14.2 Å². The summed E-state index contributed by atoms with van der Waals surface area (Å²) in [4.78, 5) is 31.8. The molecule has 1 aliphatic carbocycles. The van der Waals surface area contributed by atoms with E-state index in [1.54, 1.807) is 7.11 Å². The number of hydrogen-bond acceptors (Lipinski definition) is 6. The molecule has 6 heteroatoms. The molecule has 0 N–H and O–H groups in total. The van der Waals surface area contributed by atoms with Crippen molar-refractivity contribution in [3.63, 3.8) is 0 Å². The molecule has 0 amide bonds. The first-order valence-electron chi connectivity index (χ1n) is 12.1. The van der Waals surface area contributed by atoms with Crippen LogP contribution < -0.4 is 9.47 Å². The van der Waals surface area contributed by atoms with Crippen LogP contribution in [0.2, 0.25) is 0 Å². The summed E-state index contributed by atoms with van der Waals surface area (Å²) < 4.78 is 17.0. The number of methoxy groups -OCH3 is 1. The molecule has 2 atom stereocenters. The van der Waals surface area contributed by atoms with Crippen molar-refractivity contribution in [2.75, 3.05) is 13.7 Å². The summed E-state index contributed by atoms with van der Waals surface area (Å²) in [5.41, 5.74) is 3.39. The summed E-state index contributed by atoms with van der Waals surface area (Å²) in [7, 11) is 1.58. The zero-order valence-corrected chi connectivity index (χ0v) is 21.1. The third-order valence-corrected chi connectivity index (χ3v) is 6.64.